The van der Waals surface area contributed by atoms with Crippen LogP contribution in [-0.2, 0) is 0 Å². The monoisotopic (exact) mass is 212 g/mol. The second-order valence-electron chi connectivity index (χ2n) is 4.29. The molecule has 82 valence electrons. The Morgan fingerprint density at radius 2 is 1.87 bits per heavy atom. The van der Waals surface area contributed by atoms with Gasteiger partial charge in [0.1, 0.15) is 11.6 Å². The maximum absolute atomic E-state index is 13.6. The topological polar surface area (TPSA) is 20.2 Å². The summed E-state index contributed by atoms with van der Waals surface area (Å²) in [6.07, 6.45) is 0.607. The summed E-state index contributed by atoms with van der Waals surface area (Å²) in [7, 11) is 0. The second kappa shape index (κ2) is 3.56. The molecular formula is C12H14F2O. The SMILES string of the molecule is Cc1c(F)cc(F)c2c1[C@H](O)CCC2C. The van der Waals surface area contributed by atoms with Gasteiger partial charge in [-0.2, -0.15) is 0 Å². The molecule has 0 aliphatic heterocycles. The lowest BCUT2D eigenvalue weighted by Gasteiger charge is -2.28. The van der Waals surface area contributed by atoms with Crippen molar-refractivity contribution in [2.45, 2.75) is 38.7 Å². The molecule has 1 nitrogen and oxygen atoms in total. The molecule has 0 spiro atoms. The van der Waals surface area contributed by atoms with Crippen LogP contribution < -0.4 is 0 Å². The van der Waals surface area contributed by atoms with Gasteiger partial charge in [0.15, 0.2) is 0 Å². The quantitative estimate of drug-likeness (QED) is 0.700. The molecule has 3 heteroatoms. The Balaban J connectivity index is 2.71. The summed E-state index contributed by atoms with van der Waals surface area (Å²) >= 11 is 0. The minimum atomic E-state index is -0.721. The third-order valence-electron chi connectivity index (χ3n) is 3.26. The molecule has 0 bridgehead atoms. The Morgan fingerprint density at radius 1 is 1.20 bits per heavy atom. The Kier molecular flexibility index (Phi) is 2.51. The van der Waals surface area contributed by atoms with Crippen molar-refractivity contribution in [3.05, 3.63) is 34.4 Å². The molecule has 2 rings (SSSR count). The summed E-state index contributed by atoms with van der Waals surface area (Å²) in [5.74, 6) is -1.04. The molecule has 0 amide bonds. The lowest BCUT2D eigenvalue weighted by Crippen LogP contribution is -2.17. The number of benzene rings is 1. The Labute approximate surface area is 87.7 Å². The van der Waals surface area contributed by atoms with Gasteiger partial charge in [-0.1, -0.05) is 6.92 Å². The number of halogens is 2. The molecule has 0 saturated carbocycles. The summed E-state index contributed by atoms with van der Waals surface area (Å²) in [6, 6.07) is 0.919. The molecular weight excluding hydrogens is 198 g/mol. The molecule has 0 aromatic heterocycles. The van der Waals surface area contributed by atoms with Gasteiger partial charge in [0.05, 0.1) is 6.10 Å². The molecule has 1 aromatic carbocycles. The van der Waals surface area contributed by atoms with E-state index in [1.165, 1.54) is 0 Å². The molecule has 2 atom stereocenters. The number of hydrogen-bond donors (Lipinski definition) is 1. The van der Waals surface area contributed by atoms with Crippen molar-refractivity contribution in [2.24, 2.45) is 0 Å². The third-order valence-corrected chi connectivity index (χ3v) is 3.26. The van der Waals surface area contributed by atoms with E-state index in [4.69, 9.17) is 0 Å². The van der Waals surface area contributed by atoms with Crippen molar-refractivity contribution >= 4 is 0 Å². The third kappa shape index (κ3) is 1.55. The van der Waals surface area contributed by atoms with E-state index in [-0.39, 0.29) is 5.92 Å². The maximum atomic E-state index is 13.6. The van der Waals surface area contributed by atoms with Crippen LogP contribution in [0, 0.1) is 18.6 Å². The number of aliphatic hydroxyl groups excluding tert-OH is 1. The number of rotatable bonds is 0. The van der Waals surface area contributed by atoms with Gasteiger partial charge >= 0.3 is 0 Å². The largest absolute Gasteiger partial charge is 0.388 e. The zero-order valence-corrected chi connectivity index (χ0v) is 8.85. The van der Waals surface area contributed by atoms with Crippen LogP contribution in [-0.4, -0.2) is 5.11 Å². The van der Waals surface area contributed by atoms with Crippen molar-refractivity contribution in [3.63, 3.8) is 0 Å². The maximum Gasteiger partial charge on any atom is 0.129 e. The van der Waals surface area contributed by atoms with Crippen LogP contribution in [0.4, 0.5) is 8.78 Å². The van der Waals surface area contributed by atoms with Crippen LogP contribution in [0.5, 0.6) is 0 Å². The molecule has 15 heavy (non-hydrogen) atoms. The first-order valence-corrected chi connectivity index (χ1v) is 5.18. The van der Waals surface area contributed by atoms with Gasteiger partial charge in [-0.25, -0.2) is 8.78 Å². The number of hydrogen-bond acceptors (Lipinski definition) is 1. The van der Waals surface area contributed by atoms with Gasteiger partial charge in [0.25, 0.3) is 0 Å². The van der Waals surface area contributed by atoms with Gasteiger partial charge in [-0.15, -0.1) is 0 Å². The predicted octanol–water partition coefficient (Wildman–Crippen LogP) is 3.20. The van der Waals surface area contributed by atoms with Gasteiger partial charge in [-0.3, -0.25) is 0 Å². The van der Waals surface area contributed by atoms with Crippen LogP contribution >= 0.6 is 0 Å². The first kappa shape index (κ1) is 10.6. The molecule has 0 saturated heterocycles. The normalized spacial score (nSPS) is 25.1. The summed E-state index contributed by atoms with van der Waals surface area (Å²) in [5, 5.41) is 9.78. The molecule has 1 aliphatic rings. The molecule has 1 aliphatic carbocycles. The van der Waals surface area contributed by atoms with E-state index in [0.717, 1.165) is 12.5 Å². The lowest BCUT2D eigenvalue weighted by molar-refractivity contribution is 0.149. The van der Waals surface area contributed by atoms with Gasteiger partial charge in [0.2, 0.25) is 0 Å². The lowest BCUT2D eigenvalue weighted by atomic mass is 9.80. The predicted molar refractivity (Wildman–Crippen MR) is 53.7 cm³/mol. The smallest absolute Gasteiger partial charge is 0.129 e. The fraction of sp³-hybridized carbons (Fsp3) is 0.500. The van der Waals surface area contributed by atoms with Crippen LogP contribution in [0.25, 0.3) is 0 Å². The summed E-state index contributed by atoms with van der Waals surface area (Å²) in [6.45, 7) is 3.50. The fourth-order valence-corrected chi connectivity index (χ4v) is 2.38. The average molecular weight is 212 g/mol. The van der Waals surface area contributed by atoms with E-state index in [2.05, 4.69) is 0 Å². The van der Waals surface area contributed by atoms with E-state index < -0.39 is 17.7 Å². The number of aliphatic hydroxyl groups is 1. The van der Waals surface area contributed by atoms with E-state index in [1.54, 1.807) is 6.92 Å². The van der Waals surface area contributed by atoms with Crippen LogP contribution in [0.2, 0.25) is 0 Å². The van der Waals surface area contributed by atoms with E-state index in [9.17, 15) is 13.9 Å². The van der Waals surface area contributed by atoms with E-state index >= 15 is 0 Å². The van der Waals surface area contributed by atoms with Gasteiger partial charge in [0, 0.05) is 6.07 Å². The van der Waals surface area contributed by atoms with Crippen molar-refractivity contribution in [1.29, 1.82) is 0 Å². The average Bonchev–Trinajstić information content (AvgIpc) is 2.18. The summed E-state index contributed by atoms with van der Waals surface area (Å²) < 4.78 is 26.9. The fourth-order valence-electron chi connectivity index (χ4n) is 2.38. The highest BCUT2D eigenvalue weighted by Crippen LogP contribution is 2.40. The van der Waals surface area contributed by atoms with Gasteiger partial charge < -0.3 is 5.11 Å². The van der Waals surface area contributed by atoms with Crippen molar-refractivity contribution in [3.8, 4) is 0 Å². The van der Waals surface area contributed by atoms with Crippen LogP contribution in [0.3, 0.4) is 0 Å². The van der Waals surface area contributed by atoms with E-state index in [0.29, 0.717) is 23.1 Å². The Hall–Kier alpha value is -0.960. The highest BCUT2D eigenvalue weighted by molar-refractivity contribution is 5.41. The summed E-state index contributed by atoms with van der Waals surface area (Å²) in [5.41, 5.74) is 1.34. The standard InChI is InChI=1S/C12H14F2O/c1-6-3-4-10(15)12-7(2)8(13)5-9(14)11(6)12/h5-6,10,15H,3-4H2,1-2H3/t6?,10-/m1/s1. The first-order valence-electron chi connectivity index (χ1n) is 5.18. The minimum absolute atomic E-state index is 0.0581. The van der Waals surface area contributed by atoms with Crippen LogP contribution in [0.15, 0.2) is 6.07 Å². The first-order chi connectivity index (χ1) is 7.02. The highest BCUT2D eigenvalue weighted by atomic mass is 19.1. The van der Waals surface area contributed by atoms with Crippen molar-refractivity contribution in [1.82, 2.24) is 0 Å². The summed E-state index contributed by atoms with van der Waals surface area (Å²) in [4.78, 5) is 0. The molecule has 1 N–H and O–H groups in total. The second-order valence-corrected chi connectivity index (χ2v) is 4.29. The number of fused-ring (bicyclic) bond motifs is 1. The molecule has 0 radical (unpaired) electrons. The Morgan fingerprint density at radius 3 is 2.53 bits per heavy atom. The Bertz CT molecular complexity index is 401. The van der Waals surface area contributed by atoms with Gasteiger partial charge in [-0.05, 0) is 42.4 Å². The molecule has 0 heterocycles. The molecule has 1 unspecified atom stereocenters. The van der Waals surface area contributed by atoms with Crippen LogP contribution in [0.1, 0.15) is 48.5 Å². The zero-order valence-electron chi connectivity index (χ0n) is 8.85. The molecule has 0 fully saturated rings. The van der Waals surface area contributed by atoms with Crippen molar-refractivity contribution < 1.29 is 13.9 Å². The highest BCUT2D eigenvalue weighted by Gasteiger charge is 2.29. The van der Waals surface area contributed by atoms with Crippen molar-refractivity contribution in [2.75, 3.05) is 0 Å². The minimum Gasteiger partial charge on any atom is -0.388 e. The zero-order chi connectivity index (χ0) is 11.2. The molecule has 1 aromatic rings. The van der Waals surface area contributed by atoms with E-state index in [1.807, 2.05) is 6.92 Å².